The van der Waals surface area contributed by atoms with Gasteiger partial charge in [-0.1, -0.05) is 16.8 Å². The van der Waals surface area contributed by atoms with E-state index in [0.29, 0.717) is 23.4 Å². The molecule has 2 saturated carbocycles. The van der Waals surface area contributed by atoms with Gasteiger partial charge in [0.2, 0.25) is 5.91 Å². The summed E-state index contributed by atoms with van der Waals surface area (Å²) in [6.45, 7) is 8.54. The van der Waals surface area contributed by atoms with Crippen molar-refractivity contribution in [2.45, 2.75) is 58.0 Å². The van der Waals surface area contributed by atoms with Gasteiger partial charge in [0.1, 0.15) is 5.82 Å². The Morgan fingerprint density at radius 3 is 2.58 bits per heavy atom. The quantitative estimate of drug-likeness (QED) is 0.477. The molecule has 1 aromatic carbocycles. The maximum Gasteiger partial charge on any atom is 0.273 e. The first kappa shape index (κ1) is 24.9. The van der Waals surface area contributed by atoms with Crippen LogP contribution in [0.1, 0.15) is 81.2 Å². The van der Waals surface area contributed by atoms with Gasteiger partial charge in [0.25, 0.3) is 5.91 Å². The average molecular weight is 534 g/mol. The van der Waals surface area contributed by atoms with Crippen LogP contribution in [0.3, 0.4) is 0 Å². The predicted octanol–water partition coefficient (Wildman–Crippen LogP) is 3.78. The van der Waals surface area contributed by atoms with Crippen LogP contribution in [-0.2, 0) is 0 Å². The molecule has 0 radical (unpaired) electrons. The number of anilines is 1. The second kappa shape index (κ2) is 9.38. The summed E-state index contributed by atoms with van der Waals surface area (Å²) in [6.07, 6.45) is 6.40. The van der Waals surface area contributed by atoms with Crippen molar-refractivity contribution < 1.29 is 9.59 Å². The van der Waals surface area contributed by atoms with Crippen molar-refractivity contribution in [1.29, 1.82) is 0 Å². The van der Waals surface area contributed by atoms with Crippen molar-refractivity contribution in [2.24, 2.45) is 17.6 Å². The molecule has 2 amide bonds. The van der Waals surface area contributed by atoms with Gasteiger partial charge in [0, 0.05) is 35.9 Å². The molecule has 0 spiro atoms. The molecule has 2 aliphatic carbocycles. The molecule has 198 valence electrons. The van der Waals surface area contributed by atoms with Crippen LogP contribution in [0.2, 0.25) is 5.02 Å². The molecule has 38 heavy (non-hydrogen) atoms. The minimum Gasteiger partial charge on any atom is -0.366 e. The Hall–Kier alpha value is -3.46. The Morgan fingerprint density at radius 2 is 1.87 bits per heavy atom. The largest absolute Gasteiger partial charge is 0.366 e. The standard InChI is InChI=1S/C28H32ClN7O2/c1-14-15(2)27(35-11-18-6-19(18)12-35)31-10-24(14)16(3)36-13-25(33-34-36)28(38)32-21-7-17(8-21)23-9-20(29)4-5-22(23)26(30)37/h4-5,9-10,13,16-19,21H,6-8,11-12H2,1-3H3,(H2,30,37)(H,32,38)/t16-,17-,18-,19+,21+/m0/s1. The molecule has 0 bridgehead atoms. The Kier molecular flexibility index (Phi) is 6.13. The highest BCUT2D eigenvalue weighted by Crippen LogP contribution is 2.46. The maximum absolute atomic E-state index is 12.9. The van der Waals surface area contributed by atoms with Crippen LogP contribution in [0.5, 0.6) is 0 Å². The molecule has 2 aromatic heterocycles. The summed E-state index contributed by atoms with van der Waals surface area (Å²) in [4.78, 5) is 31.9. The zero-order chi connectivity index (χ0) is 26.7. The number of hydrogen-bond acceptors (Lipinski definition) is 6. The molecule has 3 N–H and O–H groups in total. The summed E-state index contributed by atoms with van der Waals surface area (Å²) in [6, 6.07) is 4.98. The van der Waals surface area contributed by atoms with Gasteiger partial charge in [-0.2, -0.15) is 0 Å². The zero-order valence-electron chi connectivity index (χ0n) is 21.8. The number of nitrogens with one attached hydrogen (secondary N) is 1. The Morgan fingerprint density at radius 1 is 1.13 bits per heavy atom. The number of nitrogens with zero attached hydrogens (tertiary/aromatic N) is 5. The summed E-state index contributed by atoms with van der Waals surface area (Å²) < 4.78 is 1.72. The lowest BCUT2D eigenvalue weighted by Crippen LogP contribution is -2.43. The number of hydrogen-bond donors (Lipinski definition) is 2. The summed E-state index contributed by atoms with van der Waals surface area (Å²) in [7, 11) is 0. The number of carbonyl (C=O) groups is 2. The monoisotopic (exact) mass is 533 g/mol. The van der Waals surface area contributed by atoms with Crippen molar-refractivity contribution in [1.82, 2.24) is 25.3 Å². The van der Waals surface area contributed by atoms with Crippen molar-refractivity contribution in [3.63, 3.8) is 0 Å². The number of fused-ring (bicyclic) bond motifs is 1. The second-order valence-electron chi connectivity index (χ2n) is 11.1. The van der Waals surface area contributed by atoms with E-state index in [1.165, 1.54) is 17.5 Å². The van der Waals surface area contributed by atoms with Crippen LogP contribution in [-0.4, -0.2) is 50.9 Å². The molecule has 3 aromatic rings. The topological polar surface area (TPSA) is 119 Å². The van der Waals surface area contributed by atoms with Crippen LogP contribution < -0.4 is 16.0 Å². The van der Waals surface area contributed by atoms with E-state index in [0.717, 1.165) is 41.9 Å². The molecular weight excluding hydrogens is 502 g/mol. The highest BCUT2D eigenvalue weighted by molar-refractivity contribution is 6.30. The van der Waals surface area contributed by atoms with Crippen LogP contribution >= 0.6 is 11.6 Å². The van der Waals surface area contributed by atoms with Gasteiger partial charge in [0.05, 0.1) is 12.2 Å². The predicted molar refractivity (Wildman–Crippen MR) is 145 cm³/mol. The minimum atomic E-state index is -0.474. The number of benzene rings is 1. The van der Waals surface area contributed by atoms with E-state index in [-0.39, 0.29) is 29.6 Å². The highest BCUT2D eigenvalue weighted by Gasteiger charge is 2.45. The lowest BCUT2D eigenvalue weighted by Gasteiger charge is -2.36. The number of nitrogens with two attached hydrogens (primary N) is 1. The number of carbonyl (C=O) groups excluding carboxylic acids is 2. The van der Waals surface area contributed by atoms with Gasteiger partial charge < -0.3 is 16.0 Å². The lowest BCUT2D eigenvalue weighted by atomic mass is 9.74. The molecule has 0 unspecified atom stereocenters. The zero-order valence-corrected chi connectivity index (χ0v) is 22.6. The van der Waals surface area contributed by atoms with E-state index >= 15 is 0 Å². The third kappa shape index (κ3) is 4.42. The second-order valence-corrected chi connectivity index (χ2v) is 11.6. The summed E-state index contributed by atoms with van der Waals surface area (Å²) >= 11 is 6.14. The third-order valence-electron chi connectivity index (χ3n) is 8.72. The van der Waals surface area contributed by atoms with Crippen molar-refractivity contribution in [3.05, 3.63) is 69.1 Å². The fraction of sp³-hybridized carbons (Fsp3) is 0.464. The molecule has 3 atom stereocenters. The van der Waals surface area contributed by atoms with E-state index < -0.39 is 5.91 Å². The van der Waals surface area contributed by atoms with E-state index in [9.17, 15) is 9.59 Å². The van der Waals surface area contributed by atoms with Crippen molar-refractivity contribution in [2.75, 3.05) is 18.0 Å². The SMILES string of the molecule is Cc1c([C@H](C)n2cc(C(=O)N[C@H]3C[C@@H](c4cc(Cl)ccc4C(N)=O)C3)nn2)cnc(N2C[C@H]3C[C@H]3C2)c1C. The van der Waals surface area contributed by atoms with Crippen molar-refractivity contribution in [3.8, 4) is 0 Å². The smallest absolute Gasteiger partial charge is 0.273 e. The van der Waals surface area contributed by atoms with Gasteiger partial charge in [-0.3, -0.25) is 9.59 Å². The first-order chi connectivity index (χ1) is 18.2. The third-order valence-corrected chi connectivity index (χ3v) is 8.95. The highest BCUT2D eigenvalue weighted by atomic mass is 35.5. The van der Waals surface area contributed by atoms with E-state index in [1.807, 2.05) is 13.1 Å². The number of primary amides is 1. The molecule has 3 aliphatic rings. The number of amides is 2. The first-order valence-electron chi connectivity index (χ1n) is 13.2. The fourth-order valence-electron chi connectivity index (χ4n) is 6.08. The van der Waals surface area contributed by atoms with Crippen LogP contribution in [0.15, 0.2) is 30.6 Å². The van der Waals surface area contributed by atoms with Gasteiger partial charge in [0.15, 0.2) is 5.69 Å². The lowest BCUT2D eigenvalue weighted by molar-refractivity contribution is 0.0900. The van der Waals surface area contributed by atoms with E-state index in [2.05, 4.69) is 34.4 Å². The van der Waals surface area contributed by atoms with Crippen LogP contribution in [0.25, 0.3) is 0 Å². The van der Waals surface area contributed by atoms with Gasteiger partial charge in [-0.25, -0.2) is 9.67 Å². The molecule has 3 heterocycles. The van der Waals surface area contributed by atoms with Crippen LogP contribution in [0, 0.1) is 25.7 Å². The number of rotatable bonds is 7. The van der Waals surface area contributed by atoms with Gasteiger partial charge in [-0.15, -0.1) is 5.10 Å². The summed E-state index contributed by atoms with van der Waals surface area (Å²) in [5.74, 6) is 2.17. The normalized spacial score (nSPS) is 24.5. The number of halogens is 1. The van der Waals surface area contributed by atoms with Crippen LogP contribution in [0.4, 0.5) is 5.82 Å². The molecule has 1 saturated heterocycles. The molecule has 3 fully saturated rings. The number of aromatic nitrogens is 4. The maximum atomic E-state index is 12.9. The summed E-state index contributed by atoms with van der Waals surface area (Å²) in [5.41, 5.74) is 10.6. The number of pyridine rings is 1. The Bertz CT molecular complexity index is 1420. The average Bonchev–Trinajstić information content (AvgIpc) is 3.24. The Balaban J connectivity index is 1.09. The number of piperidine rings is 1. The fourth-order valence-corrected chi connectivity index (χ4v) is 6.26. The van der Waals surface area contributed by atoms with E-state index in [1.54, 1.807) is 29.1 Å². The van der Waals surface area contributed by atoms with Crippen molar-refractivity contribution >= 4 is 29.2 Å². The molecule has 10 heteroatoms. The molecular formula is C28H32ClN7O2. The van der Waals surface area contributed by atoms with Gasteiger partial charge in [-0.05, 0) is 98.2 Å². The molecule has 6 rings (SSSR count). The Labute approximate surface area is 226 Å². The minimum absolute atomic E-state index is 0.0203. The van der Waals surface area contributed by atoms with E-state index in [4.69, 9.17) is 22.3 Å². The molecule has 9 nitrogen and oxygen atoms in total. The summed E-state index contributed by atoms with van der Waals surface area (Å²) in [5, 5.41) is 12.0. The molecule has 1 aliphatic heterocycles. The van der Waals surface area contributed by atoms with Gasteiger partial charge >= 0.3 is 0 Å². The first-order valence-corrected chi connectivity index (χ1v) is 13.6.